The molecule has 1 aliphatic heterocycles. The average Bonchev–Trinajstić information content (AvgIpc) is 3.15. The number of carbonyl (C=O) groups is 1. The molecule has 1 saturated carbocycles. The number of fused-ring (bicyclic) bond motifs is 1. The molecule has 1 aliphatic carbocycles. The molecule has 2 atom stereocenters. The zero-order valence-corrected chi connectivity index (χ0v) is 13.6. The van der Waals surface area contributed by atoms with Crippen molar-refractivity contribution in [1.29, 1.82) is 0 Å². The van der Waals surface area contributed by atoms with Crippen LogP contribution in [-0.2, 0) is 17.9 Å². The fraction of sp³-hybridized carbons (Fsp3) is 0.421. The molecule has 3 heterocycles. The summed E-state index contributed by atoms with van der Waals surface area (Å²) >= 11 is 0. The van der Waals surface area contributed by atoms with Gasteiger partial charge in [-0.05, 0) is 60.9 Å². The van der Waals surface area contributed by atoms with Crippen LogP contribution in [0.15, 0.2) is 30.6 Å². The molecule has 0 spiro atoms. The van der Waals surface area contributed by atoms with E-state index in [0.717, 1.165) is 24.4 Å². The molecule has 4 heteroatoms. The fourth-order valence-electron chi connectivity index (χ4n) is 3.72. The Morgan fingerprint density at radius 1 is 1.35 bits per heavy atom. The Morgan fingerprint density at radius 2 is 2.22 bits per heavy atom. The molecule has 1 amide bonds. The van der Waals surface area contributed by atoms with Gasteiger partial charge in [-0.25, -0.2) is 0 Å². The van der Waals surface area contributed by atoms with Crippen LogP contribution in [0.3, 0.4) is 0 Å². The molecule has 0 aromatic carbocycles. The van der Waals surface area contributed by atoms with E-state index in [0.29, 0.717) is 24.8 Å². The molecule has 4 rings (SSSR count). The summed E-state index contributed by atoms with van der Waals surface area (Å²) in [4.78, 5) is 23.4. The van der Waals surface area contributed by atoms with E-state index in [1.54, 1.807) is 6.20 Å². The Bertz CT molecular complexity index is 757. The second-order valence-electron chi connectivity index (χ2n) is 6.85. The van der Waals surface area contributed by atoms with E-state index in [9.17, 15) is 4.79 Å². The maximum atomic E-state index is 12.6. The van der Waals surface area contributed by atoms with E-state index in [2.05, 4.69) is 29.0 Å². The van der Waals surface area contributed by atoms with Crippen molar-refractivity contribution < 1.29 is 4.79 Å². The highest BCUT2D eigenvalue weighted by molar-refractivity contribution is 5.77. The van der Waals surface area contributed by atoms with E-state index < -0.39 is 0 Å². The summed E-state index contributed by atoms with van der Waals surface area (Å²) < 4.78 is 0. The lowest BCUT2D eigenvalue weighted by Gasteiger charge is -2.15. The Balaban J connectivity index is 1.40. The van der Waals surface area contributed by atoms with Gasteiger partial charge in [-0.3, -0.25) is 14.8 Å². The molecule has 118 valence electrons. The van der Waals surface area contributed by atoms with Crippen LogP contribution in [0.5, 0.6) is 0 Å². The molecule has 2 aliphatic rings. The summed E-state index contributed by atoms with van der Waals surface area (Å²) in [5, 5.41) is 0. The molecule has 0 radical (unpaired) electrons. The largest absolute Gasteiger partial charge is 0.332 e. The lowest BCUT2D eigenvalue weighted by molar-refractivity contribution is -0.132. The quantitative estimate of drug-likeness (QED) is 0.875. The van der Waals surface area contributed by atoms with E-state index in [1.165, 1.54) is 16.7 Å². The van der Waals surface area contributed by atoms with Gasteiger partial charge in [0.05, 0.1) is 12.2 Å². The Hall–Kier alpha value is -2.23. The number of rotatable bonds is 3. The number of amides is 1. The summed E-state index contributed by atoms with van der Waals surface area (Å²) in [5.74, 6) is 1.25. The second kappa shape index (κ2) is 5.44. The molecule has 4 nitrogen and oxygen atoms in total. The molecular weight excluding hydrogens is 286 g/mol. The minimum Gasteiger partial charge on any atom is -0.332 e. The van der Waals surface area contributed by atoms with Crippen LogP contribution < -0.4 is 0 Å². The van der Waals surface area contributed by atoms with Crippen molar-refractivity contribution in [1.82, 2.24) is 14.9 Å². The summed E-state index contributed by atoms with van der Waals surface area (Å²) in [7, 11) is 0. The summed E-state index contributed by atoms with van der Waals surface area (Å²) in [6.45, 7) is 5.51. The van der Waals surface area contributed by atoms with Crippen molar-refractivity contribution in [2.24, 2.45) is 5.92 Å². The van der Waals surface area contributed by atoms with Gasteiger partial charge in [0, 0.05) is 31.1 Å². The van der Waals surface area contributed by atoms with E-state index >= 15 is 0 Å². The van der Waals surface area contributed by atoms with Gasteiger partial charge in [-0.1, -0.05) is 6.07 Å². The van der Waals surface area contributed by atoms with E-state index in [1.807, 2.05) is 24.1 Å². The van der Waals surface area contributed by atoms with Crippen molar-refractivity contribution in [3.05, 3.63) is 58.7 Å². The lowest BCUT2D eigenvalue weighted by atomic mass is 10.1. The van der Waals surface area contributed by atoms with Crippen LogP contribution in [0, 0.1) is 19.8 Å². The van der Waals surface area contributed by atoms with Gasteiger partial charge in [0.15, 0.2) is 0 Å². The van der Waals surface area contributed by atoms with Gasteiger partial charge >= 0.3 is 0 Å². The standard InChI is InChI=1S/C19H21N3O/c1-12-6-13(2)21-18-11-22(10-17(12)18)19(23)8-15-7-16(15)14-4-3-5-20-9-14/h3-6,9,15-16H,7-8,10-11H2,1-2H3. The van der Waals surface area contributed by atoms with Crippen molar-refractivity contribution in [2.45, 2.75) is 45.7 Å². The van der Waals surface area contributed by atoms with Crippen LogP contribution in [-0.4, -0.2) is 20.8 Å². The molecule has 0 saturated heterocycles. The molecule has 1 fully saturated rings. The second-order valence-corrected chi connectivity index (χ2v) is 6.85. The predicted octanol–water partition coefficient (Wildman–Crippen LogP) is 3.13. The number of hydrogen-bond acceptors (Lipinski definition) is 3. The SMILES string of the molecule is Cc1cc(C)c2c(n1)CN(C(=O)CC1CC1c1cccnc1)C2. The molecule has 0 bridgehead atoms. The Labute approximate surface area is 136 Å². The fourth-order valence-corrected chi connectivity index (χ4v) is 3.72. The van der Waals surface area contributed by atoms with Crippen molar-refractivity contribution in [3.63, 3.8) is 0 Å². The summed E-state index contributed by atoms with van der Waals surface area (Å²) in [6, 6.07) is 6.19. The number of pyridine rings is 2. The minimum atomic E-state index is 0.261. The third-order valence-corrected chi connectivity index (χ3v) is 5.08. The highest BCUT2D eigenvalue weighted by Gasteiger charge is 2.41. The first-order valence-electron chi connectivity index (χ1n) is 8.25. The highest BCUT2D eigenvalue weighted by Crippen LogP contribution is 2.49. The summed E-state index contributed by atoms with van der Waals surface area (Å²) in [5.41, 5.74) is 5.87. The van der Waals surface area contributed by atoms with Gasteiger partial charge in [-0.15, -0.1) is 0 Å². The predicted molar refractivity (Wildman–Crippen MR) is 87.7 cm³/mol. The minimum absolute atomic E-state index is 0.261. The van der Waals surface area contributed by atoms with Crippen LogP contribution in [0.4, 0.5) is 0 Å². The number of aromatic nitrogens is 2. The van der Waals surface area contributed by atoms with Crippen LogP contribution in [0.2, 0.25) is 0 Å². The number of carbonyl (C=O) groups excluding carboxylic acids is 1. The monoisotopic (exact) mass is 307 g/mol. The number of nitrogens with zero attached hydrogens (tertiary/aromatic N) is 3. The van der Waals surface area contributed by atoms with Gasteiger partial charge < -0.3 is 4.90 Å². The number of aryl methyl sites for hydroxylation is 2. The normalized spacial score (nSPS) is 22.1. The van der Waals surface area contributed by atoms with Gasteiger partial charge in [-0.2, -0.15) is 0 Å². The van der Waals surface area contributed by atoms with Crippen molar-refractivity contribution in [3.8, 4) is 0 Å². The first kappa shape index (κ1) is 14.4. The maximum absolute atomic E-state index is 12.6. The molecule has 23 heavy (non-hydrogen) atoms. The van der Waals surface area contributed by atoms with Crippen LogP contribution in [0.1, 0.15) is 46.8 Å². The van der Waals surface area contributed by atoms with E-state index in [4.69, 9.17) is 0 Å². The van der Waals surface area contributed by atoms with Crippen LogP contribution >= 0.6 is 0 Å². The maximum Gasteiger partial charge on any atom is 0.223 e. The first-order valence-corrected chi connectivity index (χ1v) is 8.25. The Kier molecular flexibility index (Phi) is 3.40. The van der Waals surface area contributed by atoms with Gasteiger partial charge in [0.1, 0.15) is 0 Å². The topological polar surface area (TPSA) is 46.1 Å². The molecule has 2 unspecified atom stereocenters. The lowest BCUT2D eigenvalue weighted by Crippen LogP contribution is -2.25. The highest BCUT2D eigenvalue weighted by atomic mass is 16.2. The van der Waals surface area contributed by atoms with Crippen LogP contribution in [0.25, 0.3) is 0 Å². The van der Waals surface area contributed by atoms with Crippen molar-refractivity contribution in [2.75, 3.05) is 0 Å². The smallest absolute Gasteiger partial charge is 0.223 e. The van der Waals surface area contributed by atoms with Gasteiger partial charge in [0.25, 0.3) is 0 Å². The zero-order chi connectivity index (χ0) is 16.0. The molecule has 2 aromatic rings. The zero-order valence-electron chi connectivity index (χ0n) is 13.6. The Morgan fingerprint density at radius 3 is 3.00 bits per heavy atom. The third kappa shape index (κ3) is 2.74. The first-order chi connectivity index (χ1) is 11.1. The average molecular weight is 307 g/mol. The van der Waals surface area contributed by atoms with Crippen molar-refractivity contribution >= 4 is 5.91 Å². The number of hydrogen-bond donors (Lipinski definition) is 0. The third-order valence-electron chi connectivity index (χ3n) is 5.08. The van der Waals surface area contributed by atoms with E-state index in [-0.39, 0.29) is 5.91 Å². The molecule has 2 aromatic heterocycles. The van der Waals surface area contributed by atoms with Gasteiger partial charge in [0.2, 0.25) is 5.91 Å². The molecule has 0 N–H and O–H groups in total. The summed E-state index contributed by atoms with van der Waals surface area (Å²) in [6.07, 6.45) is 5.47. The molecular formula is C19H21N3O.